The second-order valence-electron chi connectivity index (χ2n) is 12.5. The maximum atomic E-state index is 12.3. The van der Waals surface area contributed by atoms with Crippen molar-refractivity contribution in [3.63, 3.8) is 0 Å². The minimum atomic E-state index is -0.526. The molecule has 0 heterocycles. The summed E-state index contributed by atoms with van der Waals surface area (Å²) in [6.07, 6.45) is 4.16. The van der Waals surface area contributed by atoms with Crippen LogP contribution in [0.4, 0.5) is 0 Å². The molecular formula is C40H41BrO8. The summed E-state index contributed by atoms with van der Waals surface area (Å²) < 4.78 is 11.0. The Morgan fingerprint density at radius 3 is 1.22 bits per heavy atom. The van der Waals surface area contributed by atoms with Gasteiger partial charge >= 0.3 is 11.9 Å². The lowest BCUT2D eigenvalue weighted by Gasteiger charge is -2.17. The molecule has 0 aliphatic heterocycles. The first-order valence-electron chi connectivity index (χ1n) is 15.2. The quantitative estimate of drug-likeness (QED) is 0.110. The number of ketones is 2. The van der Waals surface area contributed by atoms with Crippen molar-refractivity contribution in [2.75, 3.05) is 0 Å². The summed E-state index contributed by atoms with van der Waals surface area (Å²) in [4.78, 5) is 46.4. The van der Waals surface area contributed by atoms with Gasteiger partial charge in [0.2, 0.25) is 0 Å². The van der Waals surface area contributed by atoms with Gasteiger partial charge in [0, 0.05) is 38.9 Å². The van der Waals surface area contributed by atoms with Gasteiger partial charge in [0.05, 0.1) is 0 Å². The molecule has 0 saturated heterocycles. The highest BCUT2D eigenvalue weighted by Crippen LogP contribution is 2.18. The van der Waals surface area contributed by atoms with Crippen molar-refractivity contribution >= 4 is 45.5 Å². The van der Waals surface area contributed by atoms with E-state index >= 15 is 0 Å². The second kappa shape index (κ2) is 18.3. The summed E-state index contributed by atoms with van der Waals surface area (Å²) in [7, 11) is 0. The van der Waals surface area contributed by atoms with E-state index in [0.29, 0.717) is 22.3 Å². The number of halogens is 1. The van der Waals surface area contributed by atoms with Crippen LogP contribution in [-0.4, -0.2) is 44.9 Å². The van der Waals surface area contributed by atoms with Gasteiger partial charge < -0.3 is 19.7 Å². The Kier molecular flexibility index (Phi) is 14.9. The number of benzene rings is 4. The third kappa shape index (κ3) is 15.4. The Hall–Kier alpha value is -5.28. The first kappa shape index (κ1) is 39.9. The van der Waals surface area contributed by atoms with Gasteiger partial charge in [-0.15, -0.1) is 0 Å². The molecule has 0 bridgehead atoms. The number of phenolic OH excluding ortho intramolecular Hbond substituents is 2. The number of hydrogen-bond donors (Lipinski definition) is 2. The van der Waals surface area contributed by atoms with Crippen LogP contribution in [0.15, 0.2) is 120 Å². The van der Waals surface area contributed by atoms with Crippen LogP contribution >= 0.6 is 15.9 Å². The van der Waals surface area contributed by atoms with Crippen molar-refractivity contribution in [3.8, 4) is 11.5 Å². The molecule has 2 N–H and O–H groups in total. The third-order valence-corrected chi connectivity index (χ3v) is 6.46. The van der Waals surface area contributed by atoms with Crippen LogP contribution in [0.2, 0.25) is 0 Å². The van der Waals surface area contributed by atoms with Crippen molar-refractivity contribution in [1.29, 1.82) is 0 Å². The maximum absolute atomic E-state index is 12.3. The summed E-state index contributed by atoms with van der Waals surface area (Å²) in [5.41, 5.74) is 2.12. The molecule has 0 unspecified atom stereocenters. The molecule has 0 saturated carbocycles. The molecule has 0 spiro atoms. The number of carbonyl (C=O) groups is 4. The van der Waals surface area contributed by atoms with Gasteiger partial charge in [-0.05, 0) is 126 Å². The summed E-state index contributed by atoms with van der Waals surface area (Å²) in [6.45, 7) is 14.1. The van der Waals surface area contributed by atoms with Crippen LogP contribution in [-0.2, 0) is 19.1 Å². The van der Waals surface area contributed by atoms with Crippen LogP contribution in [0.3, 0.4) is 0 Å². The lowest BCUT2D eigenvalue weighted by atomic mass is 10.0. The first-order valence-corrected chi connectivity index (χ1v) is 16.0. The van der Waals surface area contributed by atoms with Gasteiger partial charge in [-0.1, -0.05) is 46.8 Å². The standard InChI is InChI=1S/C20H20O4.C13H9BrO2.C7H12O2/c1-20(2,3)24-18(22)13-6-14-4-7-15(8-5-14)19(23)16-9-11-17(21)12-10-16;14-11-5-1-9(2-6-11)13(16)10-3-7-12(15)8-4-10;1-5-6(8)9-7(2,3)4/h4-13,21H,1-3H3;1-8,15H;5H,1H2,2-4H3/b13-6+;;. The maximum Gasteiger partial charge on any atom is 0.331 e. The fourth-order valence-corrected chi connectivity index (χ4v) is 4.01. The molecule has 9 heteroatoms. The van der Waals surface area contributed by atoms with Gasteiger partial charge in [-0.25, -0.2) is 9.59 Å². The molecule has 256 valence electrons. The lowest BCUT2D eigenvalue weighted by Crippen LogP contribution is -2.22. The Balaban J connectivity index is 0.000000286. The molecule has 0 radical (unpaired) electrons. The largest absolute Gasteiger partial charge is 0.508 e. The predicted molar refractivity (Wildman–Crippen MR) is 195 cm³/mol. The van der Waals surface area contributed by atoms with Gasteiger partial charge in [0.15, 0.2) is 11.6 Å². The van der Waals surface area contributed by atoms with Crippen molar-refractivity contribution < 1.29 is 38.9 Å². The lowest BCUT2D eigenvalue weighted by molar-refractivity contribution is -0.149. The minimum absolute atomic E-state index is 0.0486. The van der Waals surface area contributed by atoms with Gasteiger partial charge in [-0.2, -0.15) is 0 Å². The second-order valence-corrected chi connectivity index (χ2v) is 13.4. The van der Waals surface area contributed by atoms with Crippen molar-refractivity contribution in [3.05, 3.63) is 148 Å². The molecule has 0 fully saturated rings. The monoisotopic (exact) mass is 728 g/mol. The summed E-state index contributed by atoms with van der Waals surface area (Å²) in [5, 5.41) is 18.4. The molecule has 8 nitrogen and oxygen atoms in total. The van der Waals surface area contributed by atoms with E-state index in [1.165, 1.54) is 30.3 Å². The zero-order valence-electron chi connectivity index (χ0n) is 28.4. The van der Waals surface area contributed by atoms with Crippen LogP contribution < -0.4 is 0 Å². The minimum Gasteiger partial charge on any atom is -0.508 e. The molecule has 0 aliphatic rings. The Morgan fingerprint density at radius 2 is 0.898 bits per heavy atom. The predicted octanol–water partition coefficient (Wildman–Crippen LogP) is 8.88. The van der Waals surface area contributed by atoms with Crippen LogP contribution in [0.5, 0.6) is 11.5 Å². The Labute approximate surface area is 295 Å². The average Bonchev–Trinajstić information content (AvgIpc) is 3.03. The van der Waals surface area contributed by atoms with Crippen molar-refractivity contribution in [1.82, 2.24) is 0 Å². The van der Waals surface area contributed by atoms with Gasteiger partial charge in [0.1, 0.15) is 22.7 Å². The Morgan fingerprint density at radius 1 is 0.571 bits per heavy atom. The van der Waals surface area contributed by atoms with E-state index < -0.39 is 17.2 Å². The van der Waals surface area contributed by atoms with Crippen molar-refractivity contribution in [2.45, 2.75) is 52.7 Å². The zero-order chi connectivity index (χ0) is 36.8. The van der Waals surface area contributed by atoms with Gasteiger partial charge in [-0.3, -0.25) is 9.59 Å². The molecule has 4 aromatic carbocycles. The van der Waals surface area contributed by atoms with Crippen LogP contribution in [0, 0.1) is 0 Å². The highest BCUT2D eigenvalue weighted by Gasteiger charge is 2.14. The topological polar surface area (TPSA) is 127 Å². The average molecular weight is 730 g/mol. The summed E-state index contributed by atoms with van der Waals surface area (Å²) >= 11 is 3.32. The fraction of sp³-hybridized carbons (Fsp3) is 0.200. The number of hydrogen-bond acceptors (Lipinski definition) is 8. The summed E-state index contributed by atoms with van der Waals surface area (Å²) in [5.74, 6) is -0.680. The van der Waals surface area contributed by atoms with Crippen molar-refractivity contribution in [2.24, 2.45) is 0 Å². The third-order valence-electron chi connectivity index (χ3n) is 5.93. The van der Waals surface area contributed by atoms with E-state index in [1.54, 1.807) is 66.7 Å². The molecule has 0 amide bonds. The number of ether oxygens (including phenoxy) is 2. The van der Waals surface area contributed by atoms with E-state index in [1.807, 2.05) is 53.7 Å². The highest BCUT2D eigenvalue weighted by molar-refractivity contribution is 9.10. The number of phenols is 2. The number of carbonyl (C=O) groups excluding carboxylic acids is 4. The van der Waals surface area contributed by atoms with Gasteiger partial charge in [0.25, 0.3) is 0 Å². The van der Waals surface area contributed by atoms with E-state index in [0.717, 1.165) is 16.1 Å². The molecule has 49 heavy (non-hydrogen) atoms. The molecule has 4 rings (SSSR count). The molecule has 0 aromatic heterocycles. The highest BCUT2D eigenvalue weighted by atomic mass is 79.9. The van der Waals surface area contributed by atoms with E-state index in [2.05, 4.69) is 22.5 Å². The van der Waals surface area contributed by atoms with E-state index in [4.69, 9.17) is 14.6 Å². The molecule has 0 aliphatic carbocycles. The fourth-order valence-electron chi connectivity index (χ4n) is 3.75. The molecule has 4 aromatic rings. The number of esters is 2. The van der Waals surface area contributed by atoms with E-state index in [9.17, 15) is 24.3 Å². The smallest absolute Gasteiger partial charge is 0.331 e. The zero-order valence-corrected chi connectivity index (χ0v) is 30.0. The SMILES string of the molecule is C=CC(=O)OC(C)(C)C.CC(C)(C)OC(=O)/C=C/c1ccc(C(=O)c2ccc(O)cc2)cc1.O=C(c1ccc(O)cc1)c1ccc(Br)cc1. The molecule has 0 atom stereocenters. The Bertz CT molecular complexity index is 1690. The summed E-state index contributed by atoms with van der Waals surface area (Å²) in [6, 6.07) is 26.4. The normalized spacial score (nSPS) is 10.8. The molecular weight excluding hydrogens is 688 g/mol. The first-order chi connectivity index (χ1) is 22.9. The van der Waals surface area contributed by atoms with Crippen LogP contribution in [0.1, 0.15) is 78.9 Å². The number of rotatable bonds is 7. The van der Waals surface area contributed by atoms with E-state index in [-0.39, 0.29) is 29.0 Å². The number of aromatic hydroxyl groups is 2. The van der Waals surface area contributed by atoms with Crippen LogP contribution in [0.25, 0.3) is 6.08 Å².